The molecule has 5 nitrogen and oxygen atoms in total. The Labute approximate surface area is 90.8 Å². The molecule has 2 aromatic rings. The van der Waals surface area contributed by atoms with E-state index in [1.165, 1.54) is 0 Å². The van der Waals surface area contributed by atoms with Crippen LogP contribution in [0, 0.1) is 0 Å². The van der Waals surface area contributed by atoms with Gasteiger partial charge in [0.25, 0.3) is 5.56 Å². The molecule has 0 spiro atoms. The molecule has 1 aliphatic rings. The second kappa shape index (κ2) is 3.16. The lowest BCUT2D eigenvalue weighted by Gasteiger charge is -2.02. The predicted octanol–water partition coefficient (Wildman–Crippen LogP) is 1.35. The van der Waals surface area contributed by atoms with Gasteiger partial charge in [0.05, 0.1) is 18.4 Å². The Bertz CT molecular complexity index is 623. The normalized spacial score (nSPS) is 13.7. The van der Waals surface area contributed by atoms with Crippen molar-refractivity contribution in [2.75, 3.05) is 0 Å². The van der Waals surface area contributed by atoms with Crippen LogP contribution in [0.2, 0.25) is 0 Å². The van der Waals surface area contributed by atoms with E-state index >= 15 is 0 Å². The average Bonchev–Trinajstić information content (AvgIpc) is 2.89. The van der Waals surface area contributed by atoms with E-state index in [4.69, 9.17) is 4.42 Å². The van der Waals surface area contributed by atoms with E-state index in [2.05, 4.69) is 15.2 Å². The van der Waals surface area contributed by atoms with Crippen molar-refractivity contribution in [2.24, 2.45) is 4.99 Å². The summed E-state index contributed by atoms with van der Waals surface area (Å²) in [5, 5.41) is 6.49. The summed E-state index contributed by atoms with van der Waals surface area (Å²) in [6, 6.07) is 3.60. The van der Waals surface area contributed by atoms with Crippen molar-refractivity contribution in [1.82, 2.24) is 10.2 Å². The molecule has 5 heteroatoms. The number of nitrogens with one attached hydrogen (secondary N) is 1. The summed E-state index contributed by atoms with van der Waals surface area (Å²) in [5.41, 5.74) is 2.70. The number of nitrogens with zero attached hydrogens (tertiary/aromatic N) is 2. The van der Waals surface area contributed by atoms with E-state index in [0.717, 1.165) is 11.3 Å². The van der Waals surface area contributed by atoms with Crippen LogP contribution in [0.15, 0.2) is 32.6 Å². The first-order chi connectivity index (χ1) is 7.77. The molecule has 80 valence electrons. The first-order valence-corrected chi connectivity index (χ1v) is 4.94. The second-order valence-corrected chi connectivity index (χ2v) is 3.63. The van der Waals surface area contributed by atoms with Crippen molar-refractivity contribution in [1.29, 1.82) is 0 Å². The molecule has 0 radical (unpaired) electrons. The van der Waals surface area contributed by atoms with Gasteiger partial charge in [0.1, 0.15) is 5.69 Å². The van der Waals surface area contributed by atoms with Crippen molar-refractivity contribution >= 4 is 5.71 Å². The largest absolute Gasteiger partial charge is 0.463 e. The molecule has 0 saturated carbocycles. The Hall–Kier alpha value is -2.17. The number of H-pyrrole nitrogens is 1. The molecule has 16 heavy (non-hydrogen) atoms. The fraction of sp³-hybridized carbons (Fsp3) is 0.182. The lowest BCUT2D eigenvalue weighted by atomic mass is 10.1. The minimum Gasteiger partial charge on any atom is -0.463 e. The molecular formula is C11H9N3O2. The number of hydrogen-bond donors (Lipinski definition) is 1. The van der Waals surface area contributed by atoms with Gasteiger partial charge in [0.15, 0.2) is 5.76 Å². The second-order valence-electron chi connectivity index (χ2n) is 3.63. The molecule has 1 aliphatic heterocycles. The van der Waals surface area contributed by atoms with Gasteiger partial charge < -0.3 is 4.42 Å². The number of aliphatic imine (C=N–C) groups is 1. The molecule has 0 atom stereocenters. The average molecular weight is 215 g/mol. The highest BCUT2D eigenvalue weighted by Gasteiger charge is 2.22. The minimum atomic E-state index is -0.191. The van der Waals surface area contributed by atoms with Crippen LogP contribution in [-0.4, -0.2) is 15.9 Å². The zero-order chi connectivity index (χ0) is 11.1. The number of furan rings is 1. The molecule has 0 saturated heterocycles. The van der Waals surface area contributed by atoms with Gasteiger partial charge >= 0.3 is 0 Å². The maximum absolute atomic E-state index is 11.6. The molecular weight excluding hydrogens is 206 g/mol. The van der Waals surface area contributed by atoms with Crippen LogP contribution in [-0.2, 0) is 6.54 Å². The number of fused-ring (bicyclic) bond motifs is 1. The standard InChI is InChI=1S/C11H9N3O2/c1-6-9-7(5-12-6)10(13-14-11(9)15)8-3-2-4-16-8/h2-4H,5H2,1H3,(H,14,15). The van der Waals surface area contributed by atoms with Gasteiger partial charge in [-0.15, -0.1) is 0 Å². The van der Waals surface area contributed by atoms with Crippen LogP contribution in [0.1, 0.15) is 18.1 Å². The summed E-state index contributed by atoms with van der Waals surface area (Å²) in [6.07, 6.45) is 1.58. The van der Waals surface area contributed by atoms with E-state index in [-0.39, 0.29) is 5.56 Å². The zero-order valence-electron chi connectivity index (χ0n) is 8.65. The quantitative estimate of drug-likeness (QED) is 0.780. The molecule has 0 unspecified atom stereocenters. The summed E-state index contributed by atoms with van der Waals surface area (Å²) in [4.78, 5) is 15.9. The van der Waals surface area contributed by atoms with Crippen molar-refractivity contribution in [2.45, 2.75) is 13.5 Å². The van der Waals surface area contributed by atoms with Gasteiger partial charge in [-0.3, -0.25) is 9.79 Å². The Balaban J connectivity index is 2.29. The van der Waals surface area contributed by atoms with Gasteiger partial charge in [-0.1, -0.05) is 0 Å². The molecule has 3 rings (SSSR count). The van der Waals surface area contributed by atoms with E-state index in [1.807, 2.05) is 13.0 Å². The van der Waals surface area contributed by atoms with Crippen LogP contribution >= 0.6 is 0 Å². The summed E-state index contributed by atoms with van der Waals surface area (Å²) in [5.74, 6) is 0.650. The number of hydrogen-bond acceptors (Lipinski definition) is 4. The predicted molar refractivity (Wildman–Crippen MR) is 58.5 cm³/mol. The lowest BCUT2D eigenvalue weighted by Crippen LogP contribution is -2.18. The van der Waals surface area contributed by atoms with Crippen molar-refractivity contribution in [3.63, 3.8) is 0 Å². The van der Waals surface area contributed by atoms with Crippen LogP contribution in [0.5, 0.6) is 0 Å². The van der Waals surface area contributed by atoms with Crippen LogP contribution < -0.4 is 5.56 Å². The fourth-order valence-corrected chi connectivity index (χ4v) is 1.92. The minimum absolute atomic E-state index is 0.191. The fourth-order valence-electron chi connectivity index (χ4n) is 1.92. The van der Waals surface area contributed by atoms with Crippen LogP contribution in [0.3, 0.4) is 0 Å². The van der Waals surface area contributed by atoms with Crippen LogP contribution in [0.25, 0.3) is 11.5 Å². The number of rotatable bonds is 1. The highest BCUT2D eigenvalue weighted by Crippen LogP contribution is 2.26. The summed E-state index contributed by atoms with van der Waals surface area (Å²) < 4.78 is 5.28. The molecule has 2 aromatic heterocycles. The van der Waals surface area contributed by atoms with Crippen molar-refractivity contribution in [3.05, 3.63) is 39.9 Å². The van der Waals surface area contributed by atoms with Crippen molar-refractivity contribution < 1.29 is 4.42 Å². The van der Waals surface area contributed by atoms with E-state index in [0.29, 0.717) is 23.6 Å². The third-order valence-electron chi connectivity index (χ3n) is 2.67. The lowest BCUT2D eigenvalue weighted by molar-refractivity contribution is 0.577. The maximum Gasteiger partial charge on any atom is 0.273 e. The van der Waals surface area contributed by atoms with Gasteiger partial charge in [-0.25, -0.2) is 5.10 Å². The van der Waals surface area contributed by atoms with E-state index in [9.17, 15) is 4.79 Å². The summed E-state index contributed by atoms with van der Waals surface area (Å²) >= 11 is 0. The third-order valence-corrected chi connectivity index (χ3v) is 2.67. The molecule has 0 amide bonds. The zero-order valence-corrected chi connectivity index (χ0v) is 8.65. The van der Waals surface area contributed by atoms with Gasteiger partial charge in [-0.2, -0.15) is 5.10 Å². The number of aromatic amines is 1. The Morgan fingerprint density at radius 1 is 1.50 bits per heavy atom. The maximum atomic E-state index is 11.6. The van der Waals surface area contributed by atoms with Crippen molar-refractivity contribution in [3.8, 4) is 11.5 Å². The first-order valence-electron chi connectivity index (χ1n) is 4.94. The molecule has 0 aromatic carbocycles. The SMILES string of the molecule is CC1=NCc2c(-c3ccco3)n[nH]c(=O)c21. The Kier molecular flexibility index (Phi) is 1.80. The van der Waals surface area contributed by atoms with E-state index in [1.54, 1.807) is 12.3 Å². The third kappa shape index (κ3) is 1.14. The number of aromatic nitrogens is 2. The van der Waals surface area contributed by atoms with Gasteiger partial charge in [0, 0.05) is 11.3 Å². The summed E-state index contributed by atoms with van der Waals surface area (Å²) in [7, 11) is 0. The molecule has 0 aliphatic carbocycles. The smallest absolute Gasteiger partial charge is 0.273 e. The highest BCUT2D eigenvalue weighted by atomic mass is 16.3. The molecule has 0 fully saturated rings. The van der Waals surface area contributed by atoms with E-state index < -0.39 is 0 Å². The van der Waals surface area contributed by atoms with Crippen LogP contribution in [0.4, 0.5) is 0 Å². The Morgan fingerprint density at radius 3 is 3.12 bits per heavy atom. The highest BCUT2D eigenvalue weighted by molar-refractivity contribution is 6.02. The molecule has 3 heterocycles. The molecule has 0 bridgehead atoms. The molecule has 1 N–H and O–H groups in total. The first kappa shape index (κ1) is 9.08. The van der Waals surface area contributed by atoms with Gasteiger partial charge in [0.2, 0.25) is 0 Å². The monoisotopic (exact) mass is 215 g/mol. The Morgan fingerprint density at radius 2 is 2.38 bits per heavy atom. The van der Waals surface area contributed by atoms with Gasteiger partial charge in [-0.05, 0) is 19.1 Å². The summed E-state index contributed by atoms with van der Waals surface area (Å²) in [6.45, 7) is 2.32. The topological polar surface area (TPSA) is 71.2 Å².